The SMILES string of the molecule is CCCC(=O)N(c1ccc(NC(C)=O)cc1)C1CCOCC1. The van der Waals surface area contributed by atoms with Crippen LogP contribution < -0.4 is 10.2 Å². The Morgan fingerprint density at radius 2 is 1.86 bits per heavy atom. The molecule has 2 amide bonds. The van der Waals surface area contributed by atoms with Gasteiger partial charge in [0.15, 0.2) is 0 Å². The third-order valence-electron chi connectivity index (χ3n) is 3.75. The summed E-state index contributed by atoms with van der Waals surface area (Å²) < 4.78 is 5.40. The third kappa shape index (κ3) is 4.31. The lowest BCUT2D eigenvalue weighted by atomic mass is 10.0. The van der Waals surface area contributed by atoms with Gasteiger partial charge >= 0.3 is 0 Å². The molecular weight excluding hydrogens is 280 g/mol. The maximum atomic E-state index is 12.5. The van der Waals surface area contributed by atoms with Crippen LogP contribution in [0.4, 0.5) is 11.4 Å². The number of hydrogen-bond donors (Lipinski definition) is 1. The van der Waals surface area contributed by atoms with E-state index in [1.807, 2.05) is 36.1 Å². The van der Waals surface area contributed by atoms with Crippen molar-refractivity contribution in [3.63, 3.8) is 0 Å². The summed E-state index contributed by atoms with van der Waals surface area (Å²) in [6, 6.07) is 7.66. The van der Waals surface area contributed by atoms with Crippen LogP contribution in [0.1, 0.15) is 39.5 Å². The van der Waals surface area contributed by atoms with E-state index < -0.39 is 0 Å². The summed E-state index contributed by atoms with van der Waals surface area (Å²) >= 11 is 0. The molecule has 1 saturated heterocycles. The highest BCUT2D eigenvalue weighted by atomic mass is 16.5. The molecule has 1 aromatic rings. The molecule has 0 saturated carbocycles. The summed E-state index contributed by atoms with van der Waals surface area (Å²) in [5, 5.41) is 2.74. The molecule has 0 radical (unpaired) electrons. The van der Waals surface area contributed by atoms with E-state index in [1.165, 1.54) is 6.92 Å². The quantitative estimate of drug-likeness (QED) is 0.910. The van der Waals surface area contributed by atoms with Crippen LogP contribution in [-0.4, -0.2) is 31.1 Å². The highest BCUT2D eigenvalue weighted by Gasteiger charge is 2.26. The van der Waals surface area contributed by atoms with Gasteiger partial charge in [-0.15, -0.1) is 0 Å². The second-order valence-electron chi connectivity index (χ2n) is 5.59. The Balaban J connectivity index is 2.19. The molecule has 1 fully saturated rings. The first-order valence-electron chi connectivity index (χ1n) is 7.89. The van der Waals surface area contributed by atoms with E-state index in [0.717, 1.165) is 30.6 Å². The summed E-state index contributed by atoms with van der Waals surface area (Å²) in [5.74, 6) is 0.0535. The summed E-state index contributed by atoms with van der Waals surface area (Å²) in [7, 11) is 0. The van der Waals surface area contributed by atoms with E-state index in [-0.39, 0.29) is 17.9 Å². The Kier molecular flexibility index (Phi) is 5.95. The number of anilines is 2. The average Bonchev–Trinajstić information content (AvgIpc) is 2.50. The molecule has 1 N–H and O–H groups in total. The number of ether oxygens (including phenoxy) is 1. The second kappa shape index (κ2) is 7.94. The van der Waals surface area contributed by atoms with E-state index in [0.29, 0.717) is 19.6 Å². The predicted octanol–water partition coefficient (Wildman–Crippen LogP) is 2.96. The first kappa shape index (κ1) is 16.5. The van der Waals surface area contributed by atoms with Gasteiger partial charge in [-0.1, -0.05) is 6.92 Å². The summed E-state index contributed by atoms with van der Waals surface area (Å²) in [6.07, 6.45) is 3.11. The largest absolute Gasteiger partial charge is 0.381 e. The number of hydrogen-bond acceptors (Lipinski definition) is 3. The van der Waals surface area contributed by atoms with Crippen LogP contribution in [0.25, 0.3) is 0 Å². The van der Waals surface area contributed by atoms with Gasteiger partial charge in [-0.2, -0.15) is 0 Å². The second-order valence-corrected chi connectivity index (χ2v) is 5.59. The number of carbonyl (C=O) groups excluding carboxylic acids is 2. The average molecular weight is 304 g/mol. The van der Waals surface area contributed by atoms with Crippen molar-refractivity contribution in [1.82, 2.24) is 0 Å². The van der Waals surface area contributed by atoms with Crippen molar-refractivity contribution in [3.05, 3.63) is 24.3 Å². The molecule has 0 unspecified atom stereocenters. The number of benzene rings is 1. The standard InChI is InChI=1S/C17H24N2O3/c1-3-4-17(21)19(16-9-11-22-12-10-16)15-7-5-14(6-8-15)18-13(2)20/h5-8,16H,3-4,9-12H2,1-2H3,(H,18,20). The molecule has 5 heteroatoms. The van der Waals surface area contributed by atoms with Gasteiger partial charge in [-0.05, 0) is 43.5 Å². The highest BCUT2D eigenvalue weighted by molar-refractivity contribution is 5.94. The molecule has 120 valence electrons. The first-order valence-corrected chi connectivity index (χ1v) is 7.89. The molecule has 5 nitrogen and oxygen atoms in total. The zero-order chi connectivity index (χ0) is 15.9. The van der Waals surface area contributed by atoms with E-state index in [9.17, 15) is 9.59 Å². The molecule has 0 spiro atoms. The normalized spacial score (nSPS) is 15.4. The van der Waals surface area contributed by atoms with Crippen LogP contribution in [0.15, 0.2) is 24.3 Å². The minimum atomic E-state index is -0.101. The van der Waals surface area contributed by atoms with E-state index in [1.54, 1.807) is 0 Å². The minimum Gasteiger partial charge on any atom is -0.381 e. The van der Waals surface area contributed by atoms with Crippen molar-refractivity contribution in [2.75, 3.05) is 23.4 Å². The molecule has 0 bridgehead atoms. The van der Waals surface area contributed by atoms with Crippen molar-refractivity contribution in [3.8, 4) is 0 Å². The predicted molar refractivity (Wildman–Crippen MR) is 87.0 cm³/mol. The smallest absolute Gasteiger partial charge is 0.227 e. The Morgan fingerprint density at radius 3 is 2.41 bits per heavy atom. The molecular formula is C17H24N2O3. The molecule has 1 aliphatic heterocycles. The van der Waals surface area contributed by atoms with Crippen LogP contribution >= 0.6 is 0 Å². The summed E-state index contributed by atoms with van der Waals surface area (Å²) in [6.45, 7) is 4.89. The topological polar surface area (TPSA) is 58.6 Å². The summed E-state index contributed by atoms with van der Waals surface area (Å²) in [4.78, 5) is 25.5. The van der Waals surface area contributed by atoms with Crippen molar-refractivity contribution >= 4 is 23.2 Å². The van der Waals surface area contributed by atoms with Crippen molar-refractivity contribution in [1.29, 1.82) is 0 Å². The number of nitrogens with zero attached hydrogens (tertiary/aromatic N) is 1. The van der Waals surface area contributed by atoms with Gasteiger partial charge in [0.1, 0.15) is 0 Å². The zero-order valence-corrected chi connectivity index (χ0v) is 13.3. The monoisotopic (exact) mass is 304 g/mol. The fraction of sp³-hybridized carbons (Fsp3) is 0.529. The van der Waals surface area contributed by atoms with Gasteiger partial charge < -0.3 is 15.0 Å². The molecule has 1 aliphatic rings. The minimum absolute atomic E-state index is 0.101. The Morgan fingerprint density at radius 1 is 1.23 bits per heavy atom. The van der Waals surface area contributed by atoms with E-state index >= 15 is 0 Å². The molecule has 1 heterocycles. The molecule has 0 aromatic heterocycles. The number of carbonyl (C=O) groups is 2. The number of nitrogens with one attached hydrogen (secondary N) is 1. The maximum absolute atomic E-state index is 12.5. The lowest BCUT2D eigenvalue weighted by Gasteiger charge is -2.34. The molecule has 22 heavy (non-hydrogen) atoms. The Bertz CT molecular complexity index is 507. The van der Waals surface area contributed by atoms with Crippen LogP contribution in [0.5, 0.6) is 0 Å². The van der Waals surface area contributed by atoms with Crippen LogP contribution in [-0.2, 0) is 14.3 Å². The van der Waals surface area contributed by atoms with Gasteiger partial charge in [0.25, 0.3) is 0 Å². The molecule has 0 atom stereocenters. The van der Waals surface area contributed by atoms with Crippen LogP contribution in [0.3, 0.4) is 0 Å². The third-order valence-corrected chi connectivity index (χ3v) is 3.75. The Labute approximate surface area is 131 Å². The molecule has 2 rings (SSSR count). The Hall–Kier alpha value is -1.88. The van der Waals surface area contributed by atoms with Crippen molar-refractivity contribution in [2.45, 2.75) is 45.6 Å². The van der Waals surface area contributed by atoms with Crippen LogP contribution in [0.2, 0.25) is 0 Å². The lowest BCUT2D eigenvalue weighted by molar-refractivity contribution is -0.119. The fourth-order valence-corrected chi connectivity index (χ4v) is 2.74. The molecule has 1 aromatic carbocycles. The van der Waals surface area contributed by atoms with E-state index in [2.05, 4.69) is 5.32 Å². The number of rotatable bonds is 5. The van der Waals surface area contributed by atoms with Crippen molar-refractivity contribution in [2.24, 2.45) is 0 Å². The van der Waals surface area contributed by atoms with Gasteiger partial charge in [0.05, 0.1) is 0 Å². The fourth-order valence-electron chi connectivity index (χ4n) is 2.74. The van der Waals surface area contributed by atoms with Crippen molar-refractivity contribution < 1.29 is 14.3 Å². The number of amides is 2. The van der Waals surface area contributed by atoms with Gasteiger partial charge in [0.2, 0.25) is 11.8 Å². The van der Waals surface area contributed by atoms with Gasteiger partial charge in [0, 0.05) is 44.0 Å². The van der Waals surface area contributed by atoms with Crippen LogP contribution in [0, 0.1) is 0 Å². The summed E-state index contributed by atoms with van der Waals surface area (Å²) in [5.41, 5.74) is 1.63. The molecule has 0 aliphatic carbocycles. The maximum Gasteiger partial charge on any atom is 0.227 e. The van der Waals surface area contributed by atoms with Gasteiger partial charge in [-0.25, -0.2) is 0 Å². The zero-order valence-electron chi connectivity index (χ0n) is 13.3. The van der Waals surface area contributed by atoms with E-state index in [4.69, 9.17) is 4.74 Å². The van der Waals surface area contributed by atoms with Gasteiger partial charge in [-0.3, -0.25) is 9.59 Å². The lowest BCUT2D eigenvalue weighted by Crippen LogP contribution is -2.43. The highest BCUT2D eigenvalue weighted by Crippen LogP contribution is 2.25. The first-order chi connectivity index (χ1) is 10.6.